The molecule has 8 aliphatic heterocycles. The Morgan fingerprint density at radius 2 is 1.05 bits per heavy atom. The number of hydrogen-bond acceptors (Lipinski definition) is 47. The van der Waals surface area contributed by atoms with E-state index in [4.69, 9.17) is 85.3 Å². The summed E-state index contributed by atoms with van der Waals surface area (Å²) in [6, 6.07) is 0. The Morgan fingerprint density at radius 3 is 1.67 bits per heavy atom. The zero-order valence-corrected chi connectivity index (χ0v) is 83.7. The van der Waals surface area contributed by atoms with Crippen LogP contribution >= 0.6 is 0 Å². The van der Waals surface area contributed by atoms with Crippen LogP contribution in [0.25, 0.3) is 0 Å². The molecule has 0 radical (unpaired) electrons. The lowest BCUT2D eigenvalue weighted by Gasteiger charge is -2.72. The highest BCUT2D eigenvalue weighted by Gasteiger charge is 2.74. The smallest absolute Gasteiger partial charge is 0.317 e. The molecule has 13 rings (SSSR count). The average Bonchev–Trinajstić information content (AvgIpc) is 0.770. The molecule has 0 aromatic carbocycles. The van der Waals surface area contributed by atoms with Crippen molar-refractivity contribution in [2.24, 2.45) is 62.1 Å². The number of allylic oxidation sites excluding steroid dienone is 2. The summed E-state index contributed by atoms with van der Waals surface area (Å²) in [5, 5.41) is 283. The number of aliphatic hydroxyl groups excluding tert-OH is 24. The minimum absolute atomic E-state index is 0.0128. The highest BCUT2D eigenvalue weighted by atomic mass is 16.8. The molecule has 4 saturated carbocycles. The fourth-order valence-corrected chi connectivity index (χ4v) is 24.8. The quantitative estimate of drug-likeness (QED) is 0.0118. The topological polar surface area (TPSA) is 752 Å². The van der Waals surface area contributed by atoms with Crippen LogP contribution in [0.4, 0.5) is 0 Å². The Balaban J connectivity index is 0.760. The van der Waals surface area contributed by atoms with Gasteiger partial charge in [0, 0.05) is 18.3 Å². The molecule has 26 N–H and O–H groups in total. The van der Waals surface area contributed by atoms with E-state index in [1.54, 1.807) is 27.7 Å². The molecule has 0 aromatic heterocycles. The summed E-state index contributed by atoms with van der Waals surface area (Å²) in [5.74, 6) is -6.55. The van der Waals surface area contributed by atoms with Crippen molar-refractivity contribution in [3.05, 3.63) is 11.6 Å². The van der Waals surface area contributed by atoms with E-state index in [2.05, 4.69) is 32.2 Å². The first-order valence-electron chi connectivity index (χ1n) is 50.6. The van der Waals surface area contributed by atoms with Crippen LogP contribution < -0.4 is 5.32 Å². The third kappa shape index (κ3) is 22.9. The van der Waals surface area contributed by atoms with Crippen LogP contribution in [0.2, 0.25) is 0 Å². The van der Waals surface area contributed by atoms with Crippen molar-refractivity contribution in [2.75, 3.05) is 59.5 Å². The zero-order chi connectivity index (χ0) is 106. The summed E-state index contributed by atoms with van der Waals surface area (Å²) in [5.41, 5.74) is -9.21. The molecule has 0 aromatic rings. The molecule has 8 saturated heterocycles. The fourth-order valence-electron chi connectivity index (χ4n) is 24.8. The number of esters is 3. The second-order valence-electron chi connectivity index (χ2n) is 44.8. The molecule has 48 nitrogen and oxygen atoms in total. The number of nitrogens with one attached hydrogen (secondary N) is 1. The summed E-state index contributed by atoms with van der Waals surface area (Å²) in [7, 11) is 0. The van der Waals surface area contributed by atoms with Crippen molar-refractivity contribution >= 4 is 23.8 Å². The number of rotatable bonds is 38. The van der Waals surface area contributed by atoms with E-state index in [1.165, 1.54) is 20.8 Å². The number of amides is 1. The van der Waals surface area contributed by atoms with Crippen molar-refractivity contribution in [3.8, 4) is 0 Å². The maximum atomic E-state index is 16.4. The van der Waals surface area contributed by atoms with Crippen molar-refractivity contribution in [3.63, 3.8) is 0 Å². The summed E-state index contributed by atoms with van der Waals surface area (Å²) in [4.78, 5) is 59.2. The van der Waals surface area contributed by atoms with Crippen molar-refractivity contribution in [1.29, 1.82) is 0 Å². The first-order chi connectivity index (χ1) is 67.6. The molecule has 830 valence electrons. The minimum atomic E-state index is -2.24. The minimum Gasteiger partial charge on any atom is -0.462 e. The van der Waals surface area contributed by atoms with Crippen LogP contribution in [0.1, 0.15) is 186 Å². The highest BCUT2D eigenvalue weighted by Crippen LogP contribution is 2.76. The lowest BCUT2D eigenvalue weighted by atomic mass is 9.33. The predicted octanol–water partition coefficient (Wildman–Crippen LogP) is -7.12. The van der Waals surface area contributed by atoms with E-state index in [0.29, 0.717) is 51.4 Å². The van der Waals surface area contributed by atoms with Gasteiger partial charge >= 0.3 is 17.9 Å². The SMILES string of the molecule is CC[C@H](C)[C@H](C[C@H](O)CC(=O)OC1C(C)OC(OC(=O)[C@]23CCC(C)(C)CC2C2=CCC4[C@@]5(C)CC[C@H](OC6OC(C(=O)NC(C)(CO)CO)C(O)C(OC7OCC(O)C(O)C7O)C6OC6OC(CO)C(O)C(O)C6O)[C@@](C)(CO)C5CC[C@@]4(C)[C@]2(C)C[C@H]3O)C(OC2OC(C)C(OC3OCC(O)C(OC4OCC(O)(CO)C4O)C3O)C(O)C2O)C1O)OC(=O)C[C@@H](O)C[C@H](OC1OC(CO)C(O)C1O)[C@@H](C)CC. The van der Waals surface area contributed by atoms with Crippen LogP contribution in [-0.4, -0.2) is 468 Å². The molecule has 5 aliphatic carbocycles. The summed E-state index contributed by atoms with van der Waals surface area (Å²) >= 11 is 0. The van der Waals surface area contributed by atoms with E-state index in [1.807, 2.05) is 20.8 Å². The maximum Gasteiger partial charge on any atom is 0.317 e. The van der Waals surface area contributed by atoms with E-state index < -0.39 is 403 Å². The number of hydrogen-bond donors (Lipinski definition) is 26. The molecule has 38 unspecified atom stereocenters. The molecule has 48 heteroatoms. The molecular weight excluding hydrogens is 1920 g/mol. The number of aliphatic hydroxyl groups is 25. The molecule has 1 amide bonds. The molecule has 51 atom stereocenters. The normalized spacial score (nSPS) is 47.3. The fraction of sp³-hybridized carbons (Fsp3) is 0.938. The summed E-state index contributed by atoms with van der Waals surface area (Å²) in [6.07, 6.45) is -67.0. The van der Waals surface area contributed by atoms with Gasteiger partial charge in [0.1, 0.15) is 145 Å². The van der Waals surface area contributed by atoms with Crippen molar-refractivity contribution in [2.45, 2.75) is 443 Å². The van der Waals surface area contributed by atoms with Gasteiger partial charge in [-0.3, -0.25) is 19.2 Å². The van der Waals surface area contributed by atoms with Gasteiger partial charge in [-0.25, -0.2) is 0 Å². The van der Waals surface area contributed by atoms with E-state index in [9.17, 15) is 142 Å². The molecule has 8 heterocycles. The van der Waals surface area contributed by atoms with E-state index >= 15 is 4.79 Å². The Morgan fingerprint density at radius 1 is 0.500 bits per heavy atom. The van der Waals surface area contributed by atoms with Gasteiger partial charge in [0.2, 0.25) is 6.29 Å². The maximum absolute atomic E-state index is 16.4. The van der Waals surface area contributed by atoms with Gasteiger partial charge in [-0.05, 0) is 130 Å². The predicted molar refractivity (Wildman–Crippen MR) is 482 cm³/mol. The van der Waals surface area contributed by atoms with Crippen LogP contribution in [0.3, 0.4) is 0 Å². The third-order valence-corrected chi connectivity index (χ3v) is 34.6. The molecule has 144 heavy (non-hydrogen) atoms. The number of carbonyl (C=O) groups excluding carboxylic acids is 4. The van der Waals surface area contributed by atoms with Gasteiger partial charge in [-0.1, -0.05) is 93.7 Å². The molecule has 13 aliphatic rings. The van der Waals surface area contributed by atoms with Crippen LogP contribution in [0.15, 0.2) is 11.6 Å². The van der Waals surface area contributed by atoms with Gasteiger partial charge in [-0.15, -0.1) is 0 Å². The van der Waals surface area contributed by atoms with Crippen LogP contribution in [0, 0.1) is 62.1 Å². The van der Waals surface area contributed by atoms with Gasteiger partial charge in [0.05, 0.1) is 121 Å². The lowest BCUT2D eigenvalue weighted by Crippen LogP contribution is -2.70. The standard InChI is InChI=1S/C96H159NO47/c1-14-39(3)49(132-57(109)26-44(105)25-50(40(4)15-2)133-83-65(117)61(113)52(31-99)134-83)24-43(104)27-58(110)137-72-42(6)131-85(76(68(72)120)142-82-67(119)63(115)71(41(5)130-82)138-81-70(122)73(48(107)33-128-81)139-87-78(123)95(126,37-103)38-129-87)144-88(125)96-23-22-89(7,8)28-46(96)45-16-17-54-91(10)20-19-56(92(11,36-102)53(91)18-21-93(54,12)94(45,13)29-55(96)108)136-86-77(143-84-66(118)62(114)60(112)51(30-98)135-84)74(140-80-64(116)59(111)47(106)32-127-80)69(121)75(141-86)79(124)97-90(9,34-100)35-101/h16,39-44,46-56,59-78,80-87,98-108,111-123,126H,14-15,17-38H2,1-13H3,(H,97,124)/t39-,40-,41?,42?,43-,44-,46?,47?,48?,49-,50-,51?,52?,53?,54?,55+,56-,59?,60?,61?,62?,63?,64?,65?,66?,67?,68?,69?,70?,71?,72?,73?,74?,75?,76?,77?,78?,80?,81?,82?,83?,84?,85?,86?,87?,91-,92-,93+,94+,95?,96+/m0/s1. The number of fused-ring (bicyclic) bond motifs is 7. The Bertz CT molecular complexity index is 4240. The van der Waals surface area contributed by atoms with Gasteiger partial charge < -0.3 is 218 Å². The Hall–Kier alpha value is -3.98. The molecular formula is C96H159NO47. The van der Waals surface area contributed by atoms with Gasteiger partial charge in [-0.2, -0.15) is 0 Å². The first-order valence-corrected chi connectivity index (χ1v) is 50.6. The average molecular weight is 2080 g/mol. The highest BCUT2D eigenvalue weighted by molar-refractivity contribution is 5.82. The first kappa shape index (κ1) is 117. The Labute approximate surface area is 834 Å². The van der Waals surface area contributed by atoms with Gasteiger partial charge in [0.15, 0.2) is 62.3 Å². The van der Waals surface area contributed by atoms with Crippen molar-refractivity contribution < 1.29 is 232 Å². The number of ether oxygens (including phenoxy) is 18. The number of carbonyl (C=O) groups is 4. The Kier molecular flexibility index (Phi) is 38.0. The largest absolute Gasteiger partial charge is 0.462 e. The lowest BCUT2D eigenvalue weighted by molar-refractivity contribution is -0.392. The summed E-state index contributed by atoms with van der Waals surface area (Å²) in [6.45, 7) is 16.8. The van der Waals surface area contributed by atoms with E-state index in [-0.39, 0.29) is 43.9 Å². The van der Waals surface area contributed by atoms with E-state index in [0.717, 1.165) is 5.57 Å². The van der Waals surface area contributed by atoms with Crippen LogP contribution in [0.5, 0.6) is 0 Å². The van der Waals surface area contributed by atoms with Gasteiger partial charge in [0.25, 0.3) is 5.91 Å². The van der Waals surface area contributed by atoms with Crippen molar-refractivity contribution in [1.82, 2.24) is 5.32 Å². The second-order valence-corrected chi connectivity index (χ2v) is 44.8. The second kappa shape index (κ2) is 46.7. The molecule has 0 spiro atoms. The monoisotopic (exact) mass is 2080 g/mol. The molecule has 12 fully saturated rings. The zero-order valence-electron chi connectivity index (χ0n) is 83.7. The summed E-state index contributed by atoms with van der Waals surface area (Å²) < 4.78 is 110. The third-order valence-electron chi connectivity index (χ3n) is 34.6. The van der Waals surface area contributed by atoms with Crippen LogP contribution in [-0.2, 0) is 104 Å². The molecule has 0 bridgehead atoms.